The van der Waals surface area contributed by atoms with E-state index in [1.165, 1.54) is 17.1 Å². The molecule has 13 nitrogen and oxygen atoms in total. The highest BCUT2D eigenvalue weighted by Gasteiger charge is 2.35. The van der Waals surface area contributed by atoms with Gasteiger partial charge in [0.25, 0.3) is 11.6 Å². The maximum atomic E-state index is 13.5. The van der Waals surface area contributed by atoms with E-state index in [0.29, 0.717) is 17.7 Å². The normalized spacial score (nSPS) is 14.6. The second-order valence-electron chi connectivity index (χ2n) is 8.10. The maximum absolute atomic E-state index is 13.5. The van der Waals surface area contributed by atoms with Crippen LogP contribution in [0.1, 0.15) is 58.4 Å². The number of carbonyl (C=O) groups is 3. The minimum Gasteiger partial charge on any atom is -0.461 e. The molecule has 2 aromatic carbocycles. The molecule has 0 N–H and O–H groups in total. The number of hydrazone groups is 1. The predicted octanol–water partition coefficient (Wildman–Crippen LogP) is 2.92. The van der Waals surface area contributed by atoms with Crippen molar-refractivity contribution in [2.45, 2.75) is 32.9 Å². The number of nitrogens with zero attached hydrogens (tertiary/aromatic N) is 6. The van der Waals surface area contributed by atoms with Gasteiger partial charge in [0.05, 0.1) is 29.9 Å². The van der Waals surface area contributed by atoms with Crippen molar-refractivity contribution in [3.8, 4) is 0 Å². The van der Waals surface area contributed by atoms with E-state index < -0.39 is 35.4 Å². The molecule has 4 rings (SSSR count). The monoisotopic (exact) mass is 520 g/mol. The molecule has 1 aliphatic rings. The molecule has 0 unspecified atom stereocenters. The zero-order valence-corrected chi connectivity index (χ0v) is 20.6. The van der Waals surface area contributed by atoms with Crippen LogP contribution in [0.5, 0.6) is 0 Å². The van der Waals surface area contributed by atoms with Gasteiger partial charge >= 0.3 is 11.9 Å². The van der Waals surface area contributed by atoms with E-state index in [1.54, 1.807) is 26.0 Å². The first-order chi connectivity index (χ1) is 18.3. The summed E-state index contributed by atoms with van der Waals surface area (Å²) < 4.78 is 11.0. The lowest BCUT2D eigenvalue weighted by Gasteiger charge is -2.22. The third kappa shape index (κ3) is 5.40. The number of benzene rings is 2. The van der Waals surface area contributed by atoms with Gasteiger partial charge in [-0.3, -0.25) is 14.9 Å². The molecule has 13 heteroatoms. The van der Waals surface area contributed by atoms with E-state index in [9.17, 15) is 24.5 Å². The SMILES string of the molecule is CCOC(=O)c1nnn(CC(=O)N2N=C(c3ccccc3)C[C@H]2c2ccc([N+](=O)[O-])cc2)c1C(=O)OCC. The van der Waals surface area contributed by atoms with Gasteiger partial charge in [0.1, 0.15) is 6.54 Å². The van der Waals surface area contributed by atoms with Gasteiger partial charge in [-0.25, -0.2) is 19.3 Å². The van der Waals surface area contributed by atoms with Crippen molar-refractivity contribution in [3.63, 3.8) is 0 Å². The summed E-state index contributed by atoms with van der Waals surface area (Å²) >= 11 is 0. The average molecular weight is 521 g/mol. The zero-order valence-electron chi connectivity index (χ0n) is 20.6. The highest BCUT2D eigenvalue weighted by atomic mass is 16.6. The van der Waals surface area contributed by atoms with Crippen molar-refractivity contribution in [1.29, 1.82) is 0 Å². The molecule has 1 atom stereocenters. The Bertz CT molecular complexity index is 1380. The Kier molecular flexibility index (Phi) is 7.85. The number of nitro benzene ring substituents is 1. The summed E-state index contributed by atoms with van der Waals surface area (Å²) in [6.45, 7) is 2.80. The first kappa shape index (κ1) is 26.1. The molecule has 0 saturated carbocycles. The highest BCUT2D eigenvalue weighted by molar-refractivity contribution is 6.03. The van der Waals surface area contributed by atoms with Crippen molar-refractivity contribution >= 4 is 29.2 Å². The topological polar surface area (TPSA) is 159 Å². The van der Waals surface area contributed by atoms with Crippen LogP contribution in [0.2, 0.25) is 0 Å². The first-order valence-electron chi connectivity index (χ1n) is 11.8. The minimum absolute atomic E-state index is 0.0271. The number of hydrogen-bond acceptors (Lipinski definition) is 10. The van der Waals surface area contributed by atoms with Crippen LogP contribution >= 0.6 is 0 Å². The van der Waals surface area contributed by atoms with Crippen LogP contribution in [0.25, 0.3) is 0 Å². The van der Waals surface area contributed by atoms with Gasteiger partial charge in [0, 0.05) is 18.6 Å². The average Bonchev–Trinajstić information content (AvgIpc) is 3.55. The minimum atomic E-state index is -0.879. The van der Waals surface area contributed by atoms with Gasteiger partial charge in [-0.05, 0) is 25.0 Å². The fourth-order valence-electron chi connectivity index (χ4n) is 3.99. The second-order valence-corrected chi connectivity index (χ2v) is 8.10. The predicted molar refractivity (Wildman–Crippen MR) is 132 cm³/mol. The van der Waals surface area contributed by atoms with Crippen molar-refractivity contribution in [2.75, 3.05) is 13.2 Å². The number of hydrogen-bond donors (Lipinski definition) is 0. The molecule has 0 saturated heterocycles. The largest absolute Gasteiger partial charge is 0.461 e. The van der Waals surface area contributed by atoms with Gasteiger partial charge in [-0.15, -0.1) is 5.10 Å². The molecule has 196 valence electrons. The molecule has 0 radical (unpaired) electrons. The highest BCUT2D eigenvalue weighted by Crippen LogP contribution is 2.34. The molecule has 1 aliphatic heterocycles. The molecule has 1 aromatic heterocycles. The number of ether oxygens (including phenoxy) is 2. The number of aromatic nitrogens is 3. The third-order valence-electron chi connectivity index (χ3n) is 5.72. The van der Waals surface area contributed by atoms with Crippen molar-refractivity contribution < 1.29 is 28.8 Å². The Hall–Kier alpha value is -4.94. The van der Waals surface area contributed by atoms with E-state index in [0.717, 1.165) is 10.2 Å². The first-order valence-corrected chi connectivity index (χ1v) is 11.8. The van der Waals surface area contributed by atoms with Crippen LogP contribution in [-0.2, 0) is 20.8 Å². The molecule has 0 aliphatic carbocycles. The van der Waals surface area contributed by atoms with Gasteiger partial charge in [0.2, 0.25) is 5.69 Å². The summed E-state index contributed by atoms with van der Waals surface area (Å²) in [6, 6.07) is 14.6. The Morgan fingerprint density at radius 2 is 1.66 bits per heavy atom. The Morgan fingerprint density at radius 3 is 2.29 bits per heavy atom. The number of esters is 2. The molecule has 1 amide bonds. The van der Waals surface area contributed by atoms with Crippen molar-refractivity contribution in [1.82, 2.24) is 20.0 Å². The summed E-state index contributed by atoms with van der Waals surface area (Å²) in [5.41, 5.74) is 1.33. The summed E-state index contributed by atoms with van der Waals surface area (Å²) in [5, 5.41) is 24.5. The van der Waals surface area contributed by atoms with E-state index in [1.807, 2.05) is 30.3 Å². The quantitative estimate of drug-likeness (QED) is 0.235. The number of rotatable bonds is 9. The van der Waals surface area contributed by atoms with Crippen LogP contribution in [0.15, 0.2) is 59.7 Å². The molecule has 2 heterocycles. The molecular weight excluding hydrogens is 496 g/mol. The van der Waals surface area contributed by atoms with Gasteiger partial charge in [0.15, 0.2) is 5.69 Å². The number of carbonyl (C=O) groups excluding carboxylic acids is 3. The summed E-state index contributed by atoms with van der Waals surface area (Å²) in [5.74, 6) is -2.30. The van der Waals surface area contributed by atoms with Crippen LogP contribution in [-0.4, -0.2) is 61.7 Å². The summed E-state index contributed by atoms with van der Waals surface area (Å²) in [7, 11) is 0. The molecular formula is C25H24N6O7. The fraction of sp³-hybridized carbons (Fsp3) is 0.280. The van der Waals surface area contributed by atoms with E-state index in [4.69, 9.17) is 9.47 Å². The molecule has 0 bridgehead atoms. The summed E-state index contributed by atoms with van der Waals surface area (Å²) in [6.07, 6.45) is 0.351. The number of amides is 1. The fourth-order valence-corrected chi connectivity index (χ4v) is 3.99. The van der Waals surface area contributed by atoms with Gasteiger partial charge in [-0.1, -0.05) is 47.7 Å². The maximum Gasteiger partial charge on any atom is 0.361 e. The molecule has 0 fully saturated rings. The molecule has 3 aromatic rings. The van der Waals surface area contributed by atoms with E-state index >= 15 is 0 Å². The third-order valence-corrected chi connectivity index (χ3v) is 5.72. The lowest BCUT2D eigenvalue weighted by Crippen LogP contribution is -2.32. The lowest BCUT2D eigenvalue weighted by molar-refractivity contribution is -0.384. The zero-order chi connectivity index (χ0) is 27.2. The van der Waals surface area contributed by atoms with Crippen LogP contribution < -0.4 is 0 Å². The van der Waals surface area contributed by atoms with Crippen LogP contribution in [0.4, 0.5) is 5.69 Å². The van der Waals surface area contributed by atoms with Crippen LogP contribution in [0, 0.1) is 10.1 Å². The van der Waals surface area contributed by atoms with Crippen molar-refractivity contribution in [2.24, 2.45) is 5.10 Å². The smallest absolute Gasteiger partial charge is 0.361 e. The van der Waals surface area contributed by atoms with Gasteiger partial charge in [-0.2, -0.15) is 5.10 Å². The Morgan fingerprint density at radius 1 is 1.00 bits per heavy atom. The van der Waals surface area contributed by atoms with E-state index in [-0.39, 0.29) is 30.3 Å². The number of nitro groups is 1. The summed E-state index contributed by atoms with van der Waals surface area (Å²) in [4.78, 5) is 49.1. The van der Waals surface area contributed by atoms with Crippen LogP contribution in [0.3, 0.4) is 0 Å². The number of non-ortho nitro benzene ring substituents is 1. The Labute approximate surface area is 216 Å². The van der Waals surface area contributed by atoms with E-state index in [2.05, 4.69) is 15.4 Å². The second kappa shape index (κ2) is 11.4. The molecule has 38 heavy (non-hydrogen) atoms. The Balaban J connectivity index is 1.68. The molecule has 0 spiro atoms. The van der Waals surface area contributed by atoms with Gasteiger partial charge < -0.3 is 9.47 Å². The standard InChI is InChI=1S/C25H24N6O7/c1-3-37-24(33)22-23(25(34)38-4-2)29(28-26-22)15-21(32)30-20(17-10-12-18(13-11-17)31(35)36)14-19(27-30)16-8-6-5-7-9-16/h5-13,20H,3-4,14-15H2,1-2H3/t20-/m0/s1. The lowest BCUT2D eigenvalue weighted by atomic mass is 9.98. The van der Waals surface area contributed by atoms with Crippen molar-refractivity contribution in [3.05, 3.63) is 87.2 Å².